The van der Waals surface area contributed by atoms with Crippen LogP contribution in [0.5, 0.6) is 0 Å². The predicted molar refractivity (Wildman–Crippen MR) is 65.6 cm³/mol. The first-order valence-electron chi connectivity index (χ1n) is 5.81. The lowest BCUT2D eigenvalue weighted by Crippen LogP contribution is -2.17. The third kappa shape index (κ3) is 3.85. The average molecular weight is 273 g/mol. The van der Waals surface area contributed by atoms with Gasteiger partial charge in [0.1, 0.15) is 6.61 Å². The molecule has 4 nitrogen and oxygen atoms in total. The molecule has 1 aromatic carbocycles. The second-order valence-corrected chi connectivity index (χ2v) is 4.21. The summed E-state index contributed by atoms with van der Waals surface area (Å²) in [5.74, 6) is 0. The molecular weight excluding hydrogens is 259 g/mol. The number of benzene rings is 1. The number of nitrogens with two attached hydrogens (primary N) is 1. The standard InChI is InChI=1S/C12H14F3N3O/c13-12(14,15)8-19-5-1-4-18-11-6-10(16)3-2-9(11)7-17-18/h2-3,6-7H,1,4-5,8,16H2. The van der Waals surface area contributed by atoms with Gasteiger partial charge in [-0.1, -0.05) is 0 Å². The molecule has 0 radical (unpaired) electrons. The lowest BCUT2D eigenvalue weighted by molar-refractivity contribution is -0.174. The van der Waals surface area contributed by atoms with Crippen LogP contribution >= 0.6 is 0 Å². The summed E-state index contributed by atoms with van der Waals surface area (Å²) in [5.41, 5.74) is 7.18. The highest BCUT2D eigenvalue weighted by Gasteiger charge is 2.27. The van der Waals surface area contributed by atoms with E-state index < -0.39 is 12.8 Å². The molecule has 7 heteroatoms. The lowest BCUT2D eigenvalue weighted by atomic mass is 10.2. The van der Waals surface area contributed by atoms with Gasteiger partial charge in [0.2, 0.25) is 0 Å². The SMILES string of the molecule is Nc1ccc2cnn(CCCOCC(F)(F)F)c2c1. The Bertz CT molecular complexity index is 551. The van der Waals surface area contributed by atoms with E-state index in [0.717, 1.165) is 10.9 Å². The van der Waals surface area contributed by atoms with Crippen molar-refractivity contribution in [2.75, 3.05) is 18.9 Å². The van der Waals surface area contributed by atoms with Crippen LogP contribution in [-0.4, -0.2) is 29.2 Å². The number of halogens is 3. The molecule has 19 heavy (non-hydrogen) atoms. The van der Waals surface area contributed by atoms with E-state index in [4.69, 9.17) is 5.73 Å². The Labute approximate surface area is 107 Å². The molecule has 2 N–H and O–H groups in total. The number of aryl methyl sites for hydroxylation is 1. The van der Waals surface area contributed by atoms with Crippen LogP contribution in [0.25, 0.3) is 10.9 Å². The Morgan fingerprint density at radius 2 is 2.11 bits per heavy atom. The van der Waals surface area contributed by atoms with Crippen molar-refractivity contribution in [1.29, 1.82) is 0 Å². The van der Waals surface area contributed by atoms with Gasteiger partial charge in [-0.05, 0) is 24.6 Å². The maximum atomic E-state index is 11.9. The van der Waals surface area contributed by atoms with Gasteiger partial charge in [0.15, 0.2) is 0 Å². The summed E-state index contributed by atoms with van der Waals surface area (Å²) in [4.78, 5) is 0. The summed E-state index contributed by atoms with van der Waals surface area (Å²) in [5, 5.41) is 5.12. The highest BCUT2D eigenvalue weighted by atomic mass is 19.4. The Kier molecular flexibility index (Phi) is 3.94. The van der Waals surface area contributed by atoms with E-state index >= 15 is 0 Å². The van der Waals surface area contributed by atoms with Crippen LogP contribution in [0.3, 0.4) is 0 Å². The van der Waals surface area contributed by atoms with Crippen molar-refractivity contribution in [3.05, 3.63) is 24.4 Å². The molecule has 0 spiro atoms. The topological polar surface area (TPSA) is 53.1 Å². The number of ether oxygens (including phenoxy) is 1. The van der Waals surface area contributed by atoms with Crippen molar-refractivity contribution >= 4 is 16.6 Å². The fourth-order valence-electron chi connectivity index (χ4n) is 1.77. The minimum atomic E-state index is -4.27. The molecular formula is C12H14F3N3O. The van der Waals surface area contributed by atoms with Gasteiger partial charge in [0.25, 0.3) is 0 Å². The third-order valence-electron chi connectivity index (χ3n) is 2.59. The Morgan fingerprint density at radius 1 is 1.32 bits per heavy atom. The van der Waals surface area contributed by atoms with E-state index in [1.54, 1.807) is 23.0 Å². The van der Waals surface area contributed by atoms with Gasteiger partial charge in [-0.25, -0.2) is 0 Å². The van der Waals surface area contributed by atoms with Crippen LogP contribution in [0, 0.1) is 0 Å². The molecule has 1 aromatic heterocycles. The molecule has 0 bridgehead atoms. The number of rotatable bonds is 5. The molecule has 2 aromatic rings. The first kappa shape index (κ1) is 13.7. The largest absolute Gasteiger partial charge is 0.411 e. The van der Waals surface area contributed by atoms with Gasteiger partial charge in [-0.15, -0.1) is 0 Å². The van der Waals surface area contributed by atoms with E-state index in [1.807, 2.05) is 6.07 Å². The second-order valence-electron chi connectivity index (χ2n) is 4.21. The van der Waals surface area contributed by atoms with E-state index in [-0.39, 0.29) is 6.61 Å². The molecule has 0 atom stereocenters. The number of fused-ring (bicyclic) bond motifs is 1. The number of alkyl halides is 3. The van der Waals surface area contributed by atoms with Gasteiger partial charge >= 0.3 is 6.18 Å². The Balaban J connectivity index is 1.86. The maximum Gasteiger partial charge on any atom is 0.411 e. The summed E-state index contributed by atoms with van der Waals surface area (Å²) >= 11 is 0. The average Bonchev–Trinajstić information content (AvgIpc) is 2.70. The summed E-state index contributed by atoms with van der Waals surface area (Å²) in [6.45, 7) is -0.673. The smallest absolute Gasteiger partial charge is 0.399 e. The zero-order valence-corrected chi connectivity index (χ0v) is 10.2. The van der Waals surface area contributed by atoms with E-state index in [1.165, 1.54) is 0 Å². The van der Waals surface area contributed by atoms with Crippen LogP contribution in [0.15, 0.2) is 24.4 Å². The molecule has 1 heterocycles. The summed E-state index contributed by atoms with van der Waals surface area (Å²) in [6.07, 6.45) is -2.11. The first-order valence-corrected chi connectivity index (χ1v) is 5.81. The van der Waals surface area contributed by atoms with Crippen LogP contribution in [0.1, 0.15) is 6.42 Å². The van der Waals surface area contributed by atoms with Crippen molar-refractivity contribution in [1.82, 2.24) is 9.78 Å². The lowest BCUT2D eigenvalue weighted by Gasteiger charge is -2.08. The molecule has 0 aliphatic rings. The Hall–Kier alpha value is -1.76. The minimum absolute atomic E-state index is 0.0448. The zero-order valence-electron chi connectivity index (χ0n) is 10.2. The molecule has 0 amide bonds. The van der Waals surface area contributed by atoms with Crippen molar-refractivity contribution in [3.8, 4) is 0 Å². The molecule has 2 rings (SSSR count). The van der Waals surface area contributed by atoms with Crippen molar-refractivity contribution in [2.24, 2.45) is 0 Å². The van der Waals surface area contributed by atoms with E-state index in [2.05, 4.69) is 9.84 Å². The van der Waals surface area contributed by atoms with Gasteiger partial charge in [0, 0.05) is 24.2 Å². The van der Waals surface area contributed by atoms with E-state index in [0.29, 0.717) is 18.7 Å². The summed E-state index contributed by atoms with van der Waals surface area (Å²) in [6, 6.07) is 5.42. The molecule has 0 unspecified atom stereocenters. The van der Waals surface area contributed by atoms with Gasteiger partial charge < -0.3 is 10.5 Å². The number of hydrogen-bond acceptors (Lipinski definition) is 3. The fraction of sp³-hybridized carbons (Fsp3) is 0.417. The molecule has 104 valence electrons. The van der Waals surface area contributed by atoms with Crippen LogP contribution < -0.4 is 5.73 Å². The number of anilines is 1. The number of hydrogen-bond donors (Lipinski definition) is 1. The van der Waals surface area contributed by atoms with Crippen LogP contribution in [0.2, 0.25) is 0 Å². The number of nitrogen functional groups attached to an aromatic ring is 1. The van der Waals surface area contributed by atoms with Crippen LogP contribution in [-0.2, 0) is 11.3 Å². The molecule has 0 aliphatic heterocycles. The maximum absolute atomic E-state index is 11.9. The summed E-state index contributed by atoms with van der Waals surface area (Å²) in [7, 11) is 0. The minimum Gasteiger partial charge on any atom is -0.399 e. The fourth-order valence-corrected chi connectivity index (χ4v) is 1.77. The second kappa shape index (κ2) is 5.48. The van der Waals surface area contributed by atoms with Crippen molar-refractivity contribution in [3.63, 3.8) is 0 Å². The predicted octanol–water partition coefficient (Wildman–Crippen LogP) is 2.59. The number of nitrogens with zero attached hydrogens (tertiary/aromatic N) is 2. The third-order valence-corrected chi connectivity index (χ3v) is 2.59. The Morgan fingerprint density at radius 3 is 2.84 bits per heavy atom. The van der Waals surface area contributed by atoms with Gasteiger partial charge in [0.05, 0.1) is 11.7 Å². The van der Waals surface area contributed by atoms with Gasteiger partial charge in [-0.3, -0.25) is 4.68 Å². The highest BCUT2D eigenvalue weighted by Crippen LogP contribution is 2.17. The first-order chi connectivity index (χ1) is 8.96. The molecule has 0 saturated carbocycles. The molecule has 0 aliphatic carbocycles. The normalized spacial score (nSPS) is 12.2. The highest BCUT2D eigenvalue weighted by molar-refractivity contribution is 5.81. The van der Waals surface area contributed by atoms with E-state index in [9.17, 15) is 13.2 Å². The van der Waals surface area contributed by atoms with Crippen molar-refractivity contribution < 1.29 is 17.9 Å². The van der Waals surface area contributed by atoms with Gasteiger partial charge in [-0.2, -0.15) is 18.3 Å². The zero-order chi connectivity index (χ0) is 13.9. The summed E-state index contributed by atoms with van der Waals surface area (Å²) < 4.78 is 41.8. The quantitative estimate of drug-likeness (QED) is 0.673. The monoisotopic (exact) mass is 273 g/mol. The number of aromatic nitrogens is 2. The molecule has 0 fully saturated rings. The van der Waals surface area contributed by atoms with Crippen molar-refractivity contribution in [2.45, 2.75) is 19.1 Å². The molecule has 0 saturated heterocycles. The van der Waals surface area contributed by atoms with Crippen LogP contribution in [0.4, 0.5) is 18.9 Å².